The Labute approximate surface area is 122 Å². The fourth-order valence-corrected chi connectivity index (χ4v) is 4.89. The van der Waals surface area contributed by atoms with E-state index in [9.17, 15) is 0 Å². The van der Waals surface area contributed by atoms with Gasteiger partial charge in [0.25, 0.3) is 0 Å². The van der Waals surface area contributed by atoms with Gasteiger partial charge in [-0.3, -0.25) is 0 Å². The highest BCUT2D eigenvalue weighted by Crippen LogP contribution is 2.34. The summed E-state index contributed by atoms with van der Waals surface area (Å²) < 4.78 is 0. The summed E-state index contributed by atoms with van der Waals surface area (Å²) in [5.74, 6) is 0. The number of rotatable bonds is 4. The molecule has 1 atom stereocenters. The molecule has 0 fully saturated rings. The van der Waals surface area contributed by atoms with Crippen LogP contribution in [0, 0.1) is 6.92 Å². The highest BCUT2D eigenvalue weighted by Gasteiger charge is 2.19. The second-order valence-electron chi connectivity index (χ2n) is 5.23. The van der Waals surface area contributed by atoms with Crippen LogP contribution in [0.25, 0.3) is 0 Å². The zero-order valence-electron chi connectivity index (χ0n) is 11.5. The van der Waals surface area contributed by atoms with Crippen LogP contribution in [-0.2, 0) is 19.3 Å². The second kappa shape index (κ2) is 5.73. The number of fused-ring (bicyclic) bond motifs is 1. The molecule has 2 heterocycles. The molecule has 0 aliphatic heterocycles. The summed E-state index contributed by atoms with van der Waals surface area (Å²) in [6, 6.07) is 2.85. The van der Waals surface area contributed by atoms with Gasteiger partial charge in [0, 0.05) is 33.3 Å². The van der Waals surface area contributed by atoms with Gasteiger partial charge in [0.2, 0.25) is 0 Å². The fourth-order valence-electron chi connectivity index (χ4n) is 2.70. The number of aryl methyl sites for hydroxylation is 3. The Morgan fingerprint density at radius 1 is 1.37 bits per heavy atom. The number of nitrogens with zero attached hydrogens (tertiary/aromatic N) is 1. The lowest BCUT2D eigenvalue weighted by atomic mass is 9.98. The van der Waals surface area contributed by atoms with Crippen LogP contribution in [0.1, 0.15) is 44.9 Å². The van der Waals surface area contributed by atoms with Gasteiger partial charge in [0.15, 0.2) is 0 Å². The SMILES string of the molecule is CNC(Cc1nc(C)cs1)c1cc2c(s1)CCCC2. The summed E-state index contributed by atoms with van der Waals surface area (Å²) in [7, 11) is 2.06. The molecule has 0 aromatic carbocycles. The van der Waals surface area contributed by atoms with Crippen molar-refractivity contribution in [2.75, 3.05) is 7.05 Å². The molecule has 1 unspecified atom stereocenters. The van der Waals surface area contributed by atoms with Crippen LogP contribution in [0.4, 0.5) is 0 Å². The fraction of sp³-hybridized carbons (Fsp3) is 0.533. The van der Waals surface area contributed by atoms with Gasteiger partial charge in [-0.05, 0) is 51.3 Å². The lowest BCUT2D eigenvalue weighted by molar-refractivity contribution is 0.599. The molecule has 19 heavy (non-hydrogen) atoms. The zero-order valence-corrected chi connectivity index (χ0v) is 13.2. The highest BCUT2D eigenvalue weighted by molar-refractivity contribution is 7.12. The Kier molecular flexibility index (Phi) is 4.01. The number of nitrogens with one attached hydrogen (secondary N) is 1. The largest absolute Gasteiger partial charge is 0.312 e. The smallest absolute Gasteiger partial charge is 0.0947 e. The third-order valence-electron chi connectivity index (χ3n) is 3.75. The van der Waals surface area contributed by atoms with Gasteiger partial charge in [0.1, 0.15) is 0 Å². The first-order valence-corrected chi connectivity index (χ1v) is 8.65. The van der Waals surface area contributed by atoms with E-state index in [0.29, 0.717) is 6.04 Å². The van der Waals surface area contributed by atoms with Crippen molar-refractivity contribution in [1.29, 1.82) is 0 Å². The zero-order chi connectivity index (χ0) is 13.2. The van der Waals surface area contributed by atoms with Crippen molar-refractivity contribution in [3.05, 3.63) is 37.5 Å². The van der Waals surface area contributed by atoms with Crippen molar-refractivity contribution in [2.24, 2.45) is 0 Å². The molecule has 1 aliphatic carbocycles. The van der Waals surface area contributed by atoms with Crippen molar-refractivity contribution in [2.45, 2.75) is 45.1 Å². The van der Waals surface area contributed by atoms with Crippen LogP contribution in [0.3, 0.4) is 0 Å². The van der Waals surface area contributed by atoms with E-state index in [1.165, 1.54) is 35.6 Å². The minimum Gasteiger partial charge on any atom is -0.312 e. The molecule has 0 saturated carbocycles. The van der Waals surface area contributed by atoms with Crippen LogP contribution >= 0.6 is 22.7 Å². The van der Waals surface area contributed by atoms with Crippen molar-refractivity contribution >= 4 is 22.7 Å². The molecule has 3 rings (SSSR count). The molecule has 0 saturated heterocycles. The molecule has 102 valence electrons. The van der Waals surface area contributed by atoms with Gasteiger partial charge in [0.05, 0.1) is 5.01 Å². The molecule has 0 amide bonds. The predicted molar refractivity (Wildman–Crippen MR) is 83.3 cm³/mol. The summed E-state index contributed by atoms with van der Waals surface area (Å²) in [5.41, 5.74) is 2.74. The third kappa shape index (κ3) is 2.91. The number of likely N-dealkylation sites (N-methyl/N-ethyl adjacent to an activating group) is 1. The molecule has 0 bridgehead atoms. The van der Waals surface area contributed by atoms with E-state index in [4.69, 9.17) is 0 Å². The molecule has 2 aromatic heterocycles. The average molecular weight is 292 g/mol. The van der Waals surface area contributed by atoms with Gasteiger partial charge < -0.3 is 5.32 Å². The van der Waals surface area contributed by atoms with Crippen LogP contribution in [0.2, 0.25) is 0 Å². The lowest BCUT2D eigenvalue weighted by Gasteiger charge is -2.12. The maximum absolute atomic E-state index is 4.59. The van der Waals surface area contributed by atoms with Gasteiger partial charge >= 0.3 is 0 Å². The minimum absolute atomic E-state index is 0.418. The molecule has 1 N–H and O–H groups in total. The molecule has 0 radical (unpaired) electrons. The number of thiophene rings is 1. The summed E-state index contributed by atoms with van der Waals surface area (Å²) in [4.78, 5) is 7.70. The van der Waals surface area contributed by atoms with E-state index < -0.39 is 0 Å². The molecular weight excluding hydrogens is 272 g/mol. The van der Waals surface area contributed by atoms with E-state index in [-0.39, 0.29) is 0 Å². The van der Waals surface area contributed by atoms with Gasteiger partial charge in [-0.25, -0.2) is 4.98 Å². The van der Waals surface area contributed by atoms with Crippen LogP contribution in [0.5, 0.6) is 0 Å². The molecule has 2 aromatic rings. The number of hydrogen-bond acceptors (Lipinski definition) is 4. The molecule has 2 nitrogen and oxygen atoms in total. The van der Waals surface area contributed by atoms with Crippen molar-refractivity contribution in [3.8, 4) is 0 Å². The monoisotopic (exact) mass is 292 g/mol. The molecule has 0 spiro atoms. The van der Waals surface area contributed by atoms with E-state index in [1.807, 2.05) is 11.3 Å². The Morgan fingerprint density at radius 3 is 2.89 bits per heavy atom. The molecule has 1 aliphatic rings. The first-order valence-electron chi connectivity index (χ1n) is 6.96. The van der Waals surface area contributed by atoms with Crippen LogP contribution in [0.15, 0.2) is 11.4 Å². The predicted octanol–water partition coefficient (Wildman–Crippen LogP) is 3.90. The Balaban J connectivity index is 1.79. The molecule has 4 heteroatoms. The average Bonchev–Trinajstić information content (AvgIpc) is 3.01. The normalized spacial score (nSPS) is 16.3. The molecular formula is C15H20N2S2. The lowest BCUT2D eigenvalue weighted by Crippen LogP contribution is -2.17. The second-order valence-corrected chi connectivity index (χ2v) is 7.34. The van der Waals surface area contributed by atoms with Gasteiger partial charge in [-0.2, -0.15) is 0 Å². The maximum Gasteiger partial charge on any atom is 0.0947 e. The standard InChI is InChI=1S/C15H20N2S2/c1-10-9-18-15(17-10)8-12(16-2)14-7-11-5-3-4-6-13(11)19-14/h7,9,12,16H,3-6,8H2,1-2H3. The summed E-state index contributed by atoms with van der Waals surface area (Å²) >= 11 is 3.78. The van der Waals surface area contributed by atoms with Crippen molar-refractivity contribution in [1.82, 2.24) is 10.3 Å². The van der Waals surface area contributed by atoms with E-state index >= 15 is 0 Å². The van der Waals surface area contributed by atoms with E-state index in [2.05, 4.69) is 35.7 Å². The highest BCUT2D eigenvalue weighted by atomic mass is 32.1. The van der Waals surface area contributed by atoms with Crippen molar-refractivity contribution in [3.63, 3.8) is 0 Å². The first-order chi connectivity index (χ1) is 9.26. The number of thiazole rings is 1. The Bertz CT molecular complexity index is 533. The van der Waals surface area contributed by atoms with Crippen LogP contribution in [-0.4, -0.2) is 12.0 Å². The van der Waals surface area contributed by atoms with Crippen molar-refractivity contribution < 1.29 is 0 Å². The van der Waals surface area contributed by atoms with E-state index in [1.54, 1.807) is 21.8 Å². The third-order valence-corrected chi connectivity index (χ3v) is 6.09. The van der Waals surface area contributed by atoms with E-state index in [0.717, 1.165) is 12.1 Å². The first kappa shape index (κ1) is 13.3. The summed E-state index contributed by atoms with van der Waals surface area (Å²) in [6.45, 7) is 2.07. The Hall–Kier alpha value is -0.710. The van der Waals surface area contributed by atoms with Gasteiger partial charge in [-0.15, -0.1) is 22.7 Å². The Morgan fingerprint density at radius 2 is 2.21 bits per heavy atom. The maximum atomic E-state index is 4.59. The minimum atomic E-state index is 0.418. The van der Waals surface area contributed by atoms with Gasteiger partial charge in [-0.1, -0.05) is 0 Å². The topological polar surface area (TPSA) is 24.9 Å². The van der Waals surface area contributed by atoms with Crippen LogP contribution < -0.4 is 5.32 Å². The summed E-state index contributed by atoms with van der Waals surface area (Å²) in [6.07, 6.45) is 6.29. The summed E-state index contributed by atoms with van der Waals surface area (Å²) in [5, 5.41) is 6.84. The quantitative estimate of drug-likeness (QED) is 0.924. The number of aromatic nitrogens is 1. The number of hydrogen-bond donors (Lipinski definition) is 1.